The maximum absolute atomic E-state index is 11.5. The lowest BCUT2D eigenvalue weighted by Gasteiger charge is -2.26. The van der Waals surface area contributed by atoms with Crippen molar-refractivity contribution in [2.75, 3.05) is 0 Å². The Hall–Kier alpha value is -0.330. The third-order valence-electron chi connectivity index (χ3n) is 5.19. The monoisotopic (exact) mass is 148 g/mol. The van der Waals surface area contributed by atoms with Gasteiger partial charge in [0.05, 0.1) is 0 Å². The van der Waals surface area contributed by atoms with Crippen LogP contribution in [0.3, 0.4) is 0 Å². The summed E-state index contributed by atoms with van der Waals surface area (Å²) in [5.41, 5.74) is 1.55. The number of carbonyl (C=O) groups is 1. The van der Waals surface area contributed by atoms with E-state index in [2.05, 4.69) is 0 Å². The molecular formula is C10H12O. The van der Waals surface area contributed by atoms with E-state index in [0.29, 0.717) is 22.0 Å². The van der Waals surface area contributed by atoms with Crippen LogP contribution in [-0.4, -0.2) is 5.78 Å². The standard InChI is InChI=1S/C10H12O/c11-7-1-2-10(7)8(3-4-8)9(10)5-6-9/h1-6H2. The van der Waals surface area contributed by atoms with Gasteiger partial charge in [-0.15, -0.1) is 0 Å². The van der Waals surface area contributed by atoms with Crippen molar-refractivity contribution in [1.29, 1.82) is 0 Å². The molecule has 3 spiro atoms. The molecule has 0 saturated heterocycles. The fourth-order valence-corrected chi connectivity index (χ4v) is 4.48. The van der Waals surface area contributed by atoms with Crippen molar-refractivity contribution >= 4 is 5.78 Å². The van der Waals surface area contributed by atoms with Crippen LogP contribution in [0.4, 0.5) is 0 Å². The molecule has 11 heavy (non-hydrogen) atoms. The Kier molecular flexibility index (Phi) is 0.496. The van der Waals surface area contributed by atoms with E-state index < -0.39 is 0 Å². The van der Waals surface area contributed by atoms with Gasteiger partial charge in [-0.25, -0.2) is 0 Å². The number of fused-ring (bicyclic) bond motifs is 3. The fraction of sp³-hybridized carbons (Fsp3) is 0.900. The van der Waals surface area contributed by atoms with Crippen LogP contribution in [0, 0.1) is 16.2 Å². The van der Waals surface area contributed by atoms with Gasteiger partial charge in [0, 0.05) is 11.8 Å². The van der Waals surface area contributed by atoms with E-state index in [-0.39, 0.29) is 0 Å². The van der Waals surface area contributed by atoms with Crippen molar-refractivity contribution < 1.29 is 4.79 Å². The first-order valence-electron chi connectivity index (χ1n) is 4.83. The van der Waals surface area contributed by atoms with Crippen LogP contribution in [-0.2, 0) is 4.79 Å². The summed E-state index contributed by atoms with van der Waals surface area (Å²) in [6.07, 6.45) is 7.71. The fourth-order valence-electron chi connectivity index (χ4n) is 4.48. The van der Waals surface area contributed by atoms with Gasteiger partial charge in [0.15, 0.2) is 0 Å². The van der Waals surface area contributed by atoms with Gasteiger partial charge in [-0.1, -0.05) is 0 Å². The second kappa shape index (κ2) is 1.02. The Morgan fingerprint density at radius 2 is 1.45 bits per heavy atom. The summed E-state index contributed by atoms with van der Waals surface area (Å²) in [5, 5.41) is 0. The van der Waals surface area contributed by atoms with Crippen LogP contribution in [0.25, 0.3) is 0 Å². The summed E-state index contributed by atoms with van der Waals surface area (Å²) in [4.78, 5) is 11.5. The Morgan fingerprint density at radius 1 is 0.909 bits per heavy atom. The number of hydrogen-bond acceptors (Lipinski definition) is 1. The Balaban J connectivity index is 1.91. The van der Waals surface area contributed by atoms with Crippen LogP contribution in [0.5, 0.6) is 0 Å². The largest absolute Gasteiger partial charge is 0.299 e. The molecule has 0 aliphatic heterocycles. The summed E-state index contributed by atoms with van der Waals surface area (Å²) in [6, 6.07) is 0. The molecule has 0 unspecified atom stereocenters. The minimum atomic E-state index is 0.306. The summed E-state index contributed by atoms with van der Waals surface area (Å²) in [6.45, 7) is 0. The summed E-state index contributed by atoms with van der Waals surface area (Å²) in [7, 11) is 0. The quantitative estimate of drug-likeness (QED) is 0.513. The molecule has 0 aromatic heterocycles. The Bertz CT molecular complexity index is 263. The zero-order valence-electron chi connectivity index (χ0n) is 6.65. The predicted octanol–water partition coefficient (Wildman–Crippen LogP) is 1.91. The number of carbonyl (C=O) groups excluding carboxylic acids is 1. The highest BCUT2D eigenvalue weighted by Crippen LogP contribution is 3.01. The highest BCUT2D eigenvalue weighted by atomic mass is 16.1. The molecule has 0 aromatic carbocycles. The first-order chi connectivity index (χ1) is 5.29. The van der Waals surface area contributed by atoms with E-state index in [0.717, 1.165) is 6.42 Å². The Morgan fingerprint density at radius 3 is 1.55 bits per heavy atom. The van der Waals surface area contributed by atoms with Crippen LogP contribution < -0.4 is 0 Å². The van der Waals surface area contributed by atoms with E-state index in [1.54, 1.807) is 0 Å². The summed E-state index contributed by atoms with van der Waals surface area (Å²) in [5.74, 6) is 0.632. The van der Waals surface area contributed by atoms with Gasteiger partial charge < -0.3 is 0 Å². The molecule has 0 radical (unpaired) electrons. The van der Waals surface area contributed by atoms with Gasteiger partial charge in [0.1, 0.15) is 5.78 Å². The molecule has 4 fully saturated rings. The van der Waals surface area contributed by atoms with E-state index in [1.165, 1.54) is 32.1 Å². The lowest BCUT2D eigenvalue weighted by atomic mass is 9.75. The van der Waals surface area contributed by atoms with Crippen molar-refractivity contribution in [2.45, 2.75) is 38.5 Å². The van der Waals surface area contributed by atoms with Crippen molar-refractivity contribution in [2.24, 2.45) is 16.2 Å². The molecule has 4 aliphatic carbocycles. The van der Waals surface area contributed by atoms with E-state index in [9.17, 15) is 4.79 Å². The lowest BCUT2D eigenvalue weighted by molar-refractivity contribution is -0.133. The minimum Gasteiger partial charge on any atom is -0.299 e. The number of Topliss-reactive ketones (excluding diaryl/α,β-unsaturated/α-hetero) is 1. The number of hydrogen-bond donors (Lipinski definition) is 0. The zero-order chi connectivity index (χ0) is 7.32. The molecule has 0 amide bonds. The SMILES string of the molecule is O=C1CCC12C1(CC1)C21CC1. The maximum atomic E-state index is 11.5. The third-order valence-corrected chi connectivity index (χ3v) is 5.19. The molecule has 0 atom stereocenters. The molecule has 0 bridgehead atoms. The zero-order valence-corrected chi connectivity index (χ0v) is 6.65. The van der Waals surface area contributed by atoms with Crippen molar-refractivity contribution in [3.63, 3.8) is 0 Å². The molecule has 58 valence electrons. The molecule has 1 heteroatoms. The molecule has 4 rings (SSSR count). The van der Waals surface area contributed by atoms with Crippen LogP contribution in [0.15, 0.2) is 0 Å². The smallest absolute Gasteiger partial charge is 0.140 e. The van der Waals surface area contributed by atoms with Crippen LogP contribution >= 0.6 is 0 Å². The second-order valence-electron chi connectivity index (χ2n) is 4.99. The van der Waals surface area contributed by atoms with Gasteiger partial charge in [0.25, 0.3) is 0 Å². The molecule has 0 N–H and O–H groups in total. The highest BCUT2D eigenvalue weighted by molar-refractivity contribution is 5.98. The van der Waals surface area contributed by atoms with Crippen molar-refractivity contribution in [3.8, 4) is 0 Å². The Labute approximate surface area is 66.2 Å². The molecule has 4 aliphatic rings. The predicted molar refractivity (Wildman–Crippen MR) is 40.0 cm³/mol. The summed E-state index contributed by atoms with van der Waals surface area (Å²) < 4.78 is 0. The van der Waals surface area contributed by atoms with Gasteiger partial charge in [-0.05, 0) is 42.9 Å². The normalized spacial score (nSPS) is 42.7. The first kappa shape index (κ1) is 5.34. The molecular weight excluding hydrogens is 136 g/mol. The molecule has 0 aromatic rings. The van der Waals surface area contributed by atoms with E-state index in [1.807, 2.05) is 0 Å². The average molecular weight is 148 g/mol. The van der Waals surface area contributed by atoms with Crippen molar-refractivity contribution in [1.82, 2.24) is 0 Å². The highest BCUT2D eigenvalue weighted by Gasteiger charge is 2.98. The average Bonchev–Trinajstić information content (AvgIpc) is 2.77. The van der Waals surface area contributed by atoms with E-state index in [4.69, 9.17) is 0 Å². The van der Waals surface area contributed by atoms with E-state index >= 15 is 0 Å². The van der Waals surface area contributed by atoms with Crippen LogP contribution in [0.2, 0.25) is 0 Å². The summed E-state index contributed by atoms with van der Waals surface area (Å²) >= 11 is 0. The lowest BCUT2D eigenvalue weighted by Crippen LogP contribution is -2.31. The van der Waals surface area contributed by atoms with Crippen LogP contribution in [0.1, 0.15) is 38.5 Å². The number of rotatable bonds is 0. The second-order valence-corrected chi connectivity index (χ2v) is 4.99. The number of ketones is 1. The minimum absolute atomic E-state index is 0.306. The van der Waals surface area contributed by atoms with Gasteiger partial charge in [-0.3, -0.25) is 4.79 Å². The molecule has 4 saturated carbocycles. The molecule has 0 heterocycles. The topological polar surface area (TPSA) is 17.1 Å². The van der Waals surface area contributed by atoms with Gasteiger partial charge in [0.2, 0.25) is 0 Å². The maximum Gasteiger partial charge on any atom is 0.140 e. The van der Waals surface area contributed by atoms with Crippen molar-refractivity contribution in [3.05, 3.63) is 0 Å². The van der Waals surface area contributed by atoms with Gasteiger partial charge in [-0.2, -0.15) is 0 Å². The third kappa shape index (κ3) is 0.261. The molecule has 1 nitrogen and oxygen atoms in total. The first-order valence-corrected chi connectivity index (χ1v) is 4.83. The van der Waals surface area contributed by atoms with Gasteiger partial charge >= 0.3 is 0 Å².